The molecule has 1 saturated heterocycles. The van der Waals surface area contributed by atoms with Gasteiger partial charge in [-0.2, -0.15) is 0 Å². The molecule has 1 aliphatic rings. The van der Waals surface area contributed by atoms with Gasteiger partial charge >= 0.3 is 0 Å². The molecule has 1 aliphatic heterocycles. The van der Waals surface area contributed by atoms with Crippen LogP contribution in [0, 0.1) is 6.92 Å². The molecule has 7 heteroatoms. The quantitative estimate of drug-likeness (QED) is 0.752. The van der Waals surface area contributed by atoms with Crippen molar-refractivity contribution in [1.82, 2.24) is 9.62 Å². The number of hydrogen-bond donors (Lipinski definition) is 1. The van der Waals surface area contributed by atoms with Crippen LogP contribution < -0.4 is 4.72 Å². The molecule has 3 rings (SSSR count). The van der Waals surface area contributed by atoms with E-state index in [4.69, 9.17) is 4.74 Å². The number of ether oxygens (including phenoxy) is 1. The minimum atomic E-state index is -3.61. The smallest absolute Gasteiger partial charge is 0.241 e. The van der Waals surface area contributed by atoms with Crippen molar-refractivity contribution in [2.75, 3.05) is 32.8 Å². The van der Waals surface area contributed by atoms with Crippen LogP contribution in [0.1, 0.15) is 17.2 Å². The summed E-state index contributed by atoms with van der Waals surface area (Å²) in [6.45, 7) is 5.61. The molecule has 0 radical (unpaired) electrons. The molecule has 0 spiro atoms. The van der Waals surface area contributed by atoms with Crippen LogP contribution in [-0.2, 0) is 14.8 Å². The Morgan fingerprint density at radius 2 is 1.69 bits per heavy atom. The monoisotopic (exact) mass is 438 g/mol. The Balaban J connectivity index is 1.84. The van der Waals surface area contributed by atoms with Gasteiger partial charge in [0.2, 0.25) is 10.0 Å². The second kappa shape index (κ2) is 8.63. The van der Waals surface area contributed by atoms with Crippen LogP contribution in [-0.4, -0.2) is 46.2 Å². The molecule has 0 amide bonds. The maximum Gasteiger partial charge on any atom is 0.241 e. The van der Waals surface area contributed by atoms with Crippen molar-refractivity contribution in [3.05, 3.63) is 64.1 Å². The summed E-state index contributed by atoms with van der Waals surface area (Å²) in [4.78, 5) is 2.50. The molecule has 0 saturated carbocycles. The fraction of sp³-hybridized carbons (Fsp3) is 0.368. The van der Waals surface area contributed by atoms with Gasteiger partial charge in [0.15, 0.2) is 0 Å². The third-order valence-electron chi connectivity index (χ3n) is 4.45. The van der Waals surface area contributed by atoms with Gasteiger partial charge in [0.25, 0.3) is 0 Å². The van der Waals surface area contributed by atoms with Crippen LogP contribution in [0.3, 0.4) is 0 Å². The minimum Gasteiger partial charge on any atom is -0.379 e. The molecule has 0 aromatic heterocycles. The molecule has 0 aliphatic carbocycles. The van der Waals surface area contributed by atoms with Gasteiger partial charge in [0.1, 0.15) is 0 Å². The highest BCUT2D eigenvalue weighted by Gasteiger charge is 2.24. The van der Waals surface area contributed by atoms with E-state index < -0.39 is 10.0 Å². The van der Waals surface area contributed by atoms with Crippen molar-refractivity contribution in [3.8, 4) is 0 Å². The van der Waals surface area contributed by atoms with Gasteiger partial charge in [-0.05, 0) is 36.8 Å². The number of hydrogen-bond acceptors (Lipinski definition) is 4. The van der Waals surface area contributed by atoms with E-state index in [0.717, 1.165) is 28.7 Å². The van der Waals surface area contributed by atoms with Crippen molar-refractivity contribution in [2.24, 2.45) is 0 Å². The van der Waals surface area contributed by atoms with Crippen LogP contribution in [0.15, 0.2) is 57.9 Å². The SMILES string of the molecule is Cc1ccc(C(CN2CCOCC2)NS(=O)(=O)c2ccc(Br)cc2)cc1. The Morgan fingerprint density at radius 3 is 2.31 bits per heavy atom. The first kappa shape index (κ1) is 19.5. The van der Waals surface area contributed by atoms with Crippen LogP contribution in [0.25, 0.3) is 0 Å². The molecule has 1 N–H and O–H groups in total. The molecular weight excluding hydrogens is 416 g/mol. The number of nitrogens with zero attached hydrogens (tertiary/aromatic N) is 1. The summed E-state index contributed by atoms with van der Waals surface area (Å²) in [5, 5.41) is 0. The number of benzene rings is 2. The highest BCUT2D eigenvalue weighted by molar-refractivity contribution is 9.10. The third-order valence-corrected chi connectivity index (χ3v) is 6.46. The number of sulfonamides is 1. The summed E-state index contributed by atoms with van der Waals surface area (Å²) >= 11 is 3.34. The number of halogens is 1. The fourth-order valence-electron chi connectivity index (χ4n) is 2.92. The Hall–Kier alpha value is -1.25. The van der Waals surface area contributed by atoms with E-state index in [1.807, 2.05) is 31.2 Å². The second-order valence-corrected chi connectivity index (χ2v) is 9.08. The van der Waals surface area contributed by atoms with Gasteiger partial charge < -0.3 is 4.74 Å². The predicted molar refractivity (Wildman–Crippen MR) is 106 cm³/mol. The predicted octanol–water partition coefficient (Wildman–Crippen LogP) is 3.11. The fourth-order valence-corrected chi connectivity index (χ4v) is 4.40. The van der Waals surface area contributed by atoms with Crippen LogP contribution in [0.2, 0.25) is 0 Å². The van der Waals surface area contributed by atoms with Crippen LogP contribution in [0.5, 0.6) is 0 Å². The molecule has 26 heavy (non-hydrogen) atoms. The van der Waals surface area contributed by atoms with E-state index in [2.05, 4.69) is 25.6 Å². The van der Waals surface area contributed by atoms with Crippen LogP contribution >= 0.6 is 15.9 Å². The standard InChI is InChI=1S/C19H23BrN2O3S/c1-15-2-4-16(5-3-15)19(14-22-10-12-25-13-11-22)21-26(23,24)18-8-6-17(20)7-9-18/h2-9,19,21H,10-14H2,1H3. The lowest BCUT2D eigenvalue weighted by Crippen LogP contribution is -2.43. The van der Waals surface area contributed by atoms with Gasteiger partial charge in [-0.25, -0.2) is 13.1 Å². The van der Waals surface area contributed by atoms with Gasteiger partial charge in [-0.1, -0.05) is 45.8 Å². The summed E-state index contributed by atoms with van der Waals surface area (Å²) in [7, 11) is -3.61. The largest absolute Gasteiger partial charge is 0.379 e. The van der Waals surface area contributed by atoms with Crippen molar-refractivity contribution >= 4 is 26.0 Å². The Bertz CT molecular complexity index is 817. The maximum atomic E-state index is 12.9. The normalized spacial score (nSPS) is 17.2. The Kier molecular flexibility index (Phi) is 6.47. The molecule has 2 aromatic rings. The molecule has 1 unspecified atom stereocenters. The lowest BCUT2D eigenvalue weighted by molar-refractivity contribution is 0.0345. The zero-order valence-electron chi connectivity index (χ0n) is 14.7. The van der Waals surface area contributed by atoms with Crippen molar-refractivity contribution in [2.45, 2.75) is 17.9 Å². The van der Waals surface area contributed by atoms with E-state index >= 15 is 0 Å². The van der Waals surface area contributed by atoms with Crippen LogP contribution in [0.4, 0.5) is 0 Å². The average molecular weight is 439 g/mol. The van der Waals surface area contributed by atoms with Gasteiger partial charge in [0.05, 0.1) is 24.2 Å². The summed E-state index contributed by atoms with van der Waals surface area (Å²) in [6.07, 6.45) is 0. The zero-order chi connectivity index (χ0) is 18.6. The van der Waals surface area contributed by atoms with Crippen molar-refractivity contribution < 1.29 is 13.2 Å². The maximum absolute atomic E-state index is 12.9. The number of aryl methyl sites for hydroxylation is 1. The number of morpholine rings is 1. The minimum absolute atomic E-state index is 0.264. The number of rotatable bonds is 6. The zero-order valence-corrected chi connectivity index (χ0v) is 17.1. The molecule has 0 bridgehead atoms. The van der Waals surface area contributed by atoms with Gasteiger partial charge in [-0.15, -0.1) is 0 Å². The van der Waals surface area contributed by atoms with E-state index in [1.165, 1.54) is 0 Å². The first-order valence-electron chi connectivity index (χ1n) is 8.58. The van der Waals surface area contributed by atoms with Crippen molar-refractivity contribution in [3.63, 3.8) is 0 Å². The lowest BCUT2D eigenvalue weighted by Gasteiger charge is -2.31. The van der Waals surface area contributed by atoms with Gasteiger partial charge in [-0.3, -0.25) is 4.90 Å². The average Bonchev–Trinajstić information content (AvgIpc) is 2.63. The molecule has 2 aromatic carbocycles. The summed E-state index contributed by atoms with van der Waals surface area (Å²) in [5.74, 6) is 0. The molecule has 1 heterocycles. The number of nitrogens with one attached hydrogen (secondary N) is 1. The molecule has 140 valence electrons. The van der Waals surface area contributed by atoms with E-state index in [1.54, 1.807) is 24.3 Å². The Morgan fingerprint density at radius 1 is 1.08 bits per heavy atom. The first-order valence-corrected chi connectivity index (χ1v) is 10.9. The van der Waals surface area contributed by atoms with E-state index in [9.17, 15) is 8.42 Å². The lowest BCUT2D eigenvalue weighted by atomic mass is 10.1. The third kappa shape index (κ3) is 5.14. The molecule has 1 fully saturated rings. The van der Waals surface area contributed by atoms with E-state index in [0.29, 0.717) is 19.8 Å². The molecule has 5 nitrogen and oxygen atoms in total. The summed E-state index contributed by atoms with van der Waals surface area (Å²) < 4.78 is 34.9. The first-order chi connectivity index (χ1) is 12.4. The highest BCUT2D eigenvalue weighted by Crippen LogP contribution is 2.21. The second-order valence-electron chi connectivity index (χ2n) is 6.45. The molecule has 1 atom stereocenters. The molecular formula is C19H23BrN2O3S. The highest BCUT2D eigenvalue weighted by atomic mass is 79.9. The Labute approximate surface area is 163 Å². The van der Waals surface area contributed by atoms with Crippen molar-refractivity contribution in [1.29, 1.82) is 0 Å². The summed E-state index contributed by atoms with van der Waals surface area (Å²) in [5.41, 5.74) is 2.11. The topological polar surface area (TPSA) is 58.6 Å². The van der Waals surface area contributed by atoms with Gasteiger partial charge in [0, 0.05) is 24.1 Å². The van der Waals surface area contributed by atoms with E-state index in [-0.39, 0.29) is 10.9 Å². The summed E-state index contributed by atoms with van der Waals surface area (Å²) in [6, 6.07) is 14.4.